The predicted octanol–water partition coefficient (Wildman–Crippen LogP) is 7.39. The molecule has 3 aromatic rings. The lowest BCUT2D eigenvalue weighted by atomic mass is 9.75. The molecule has 4 aliphatic rings. The summed E-state index contributed by atoms with van der Waals surface area (Å²) in [7, 11) is 0. The van der Waals surface area contributed by atoms with Crippen LogP contribution >= 0.6 is 0 Å². The van der Waals surface area contributed by atoms with Crippen molar-refractivity contribution in [3.05, 3.63) is 89.0 Å². The first-order valence-corrected chi connectivity index (χ1v) is 17.1. The van der Waals surface area contributed by atoms with E-state index >= 15 is 0 Å². The summed E-state index contributed by atoms with van der Waals surface area (Å²) >= 11 is 0. The molecule has 0 bridgehead atoms. The summed E-state index contributed by atoms with van der Waals surface area (Å²) in [4.78, 5) is 13.8. The lowest BCUT2D eigenvalue weighted by Gasteiger charge is -2.42. The lowest BCUT2D eigenvalue weighted by molar-refractivity contribution is -0.110. The number of rotatable bonds is 10. The summed E-state index contributed by atoms with van der Waals surface area (Å²) in [5, 5.41) is 2.88. The number of carbonyl (C=O) groups excluding carboxylic acids is 1. The van der Waals surface area contributed by atoms with E-state index in [2.05, 4.69) is 10.2 Å². The van der Waals surface area contributed by atoms with Crippen LogP contribution in [0.15, 0.2) is 60.7 Å². The quantitative estimate of drug-likeness (QED) is 0.237. The molecular formula is C38H44F2N2O4. The van der Waals surface area contributed by atoms with Gasteiger partial charge in [-0.15, -0.1) is 0 Å². The molecule has 1 amide bonds. The largest absolute Gasteiger partial charge is 0.488 e. The first-order chi connectivity index (χ1) is 22.5. The molecule has 3 aromatic carbocycles. The van der Waals surface area contributed by atoms with Crippen LogP contribution in [-0.2, 0) is 11.2 Å². The molecule has 2 atom stereocenters. The van der Waals surface area contributed by atoms with Gasteiger partial charge < -0.3 is 24.4 Å². The van der Waals surface area contributed by atoms with Gasteiger partial charge in [0.15, 0.2) is 11.5 Å². The Labute approximate surface area is 270 Å². The van der Waals surface area contributed by atoms with E-state index in [1.165, 1.54) is 30.7 Å². The molecule has 0 aromatic heterocycles. The monoisotopic (exact) mass is 630 g/mol. The van der Waals surface area contributed by atoms with Crippen molar-refractivity contribution < 1.29 is 27.8 Å². The standard InChI is InChI=1S/C38H44F2N2O4/c39-29-10-6-26(7-11-29)31(27-8-12-30(40)13-9-27)5-4-20-42-21-16-28(17-22-42)32-23-33-34(44-36(32)24-41-25-43)14-15-35-37(33)46-38(45-35)18-2-1-3-19-38/h6-15,25,28,31-32,36H,1-5,16-24H2,(H,41,43)/t32-,36+/m1/s1. The zero-order valence-electron chi connectivity index (χ0n) is 26.4. The van der Waals surface area contributed by atoms with Crippen molar-refractivity contribution in [1.29, 1.82) is 0 Å². The van der Waals surface area contributed by atoms with Gasteiger partial charge in [-0.25, -0.2) is 8.78 Å². The third-order valence-corrected chi connectivity index (χ3v) is 10.7. The highest BCUT2D eigenvalue weighted by molar-refractivity contribution is 5.57. The van der Waals surface area contributed by atoms with Crippen LogP contribution in [-0.4, -0.2) is 49.4 Å². The molecule has 1 saturated heterocycles. The van der Waals surface area contributed by atoms with Gasteiger partial charge in [-0.3, -0.25) is 4.79 Å². The fourth-order valence-electron chi connectivity index (χ4n) is 8.27. The molecule has 1 N–H and O–H groups in total. The third kappa shape index (κ3) is 6.59. The van der Waals surface area contributed by atoms with Gasteiger partial charge in [-0.1, -0.05) is 30.7 Å². The van der Waals surface area contributed by atoms with Crippen LogP contribution in [0.25, 0.3) is 0 Å². The number of fused-ring (bicyclic) bond motifs is 3. The average molecular weight is 631 g/mol. The summed E-state index contributed by atoms with van der Waals surface area (Å²) in [6.07, 6.45) is 10.8. The first kappa shape index (κ1) is 31.0. The molecule has 0 unspecified atom stereocenters. The van der Waals surface area contributed by atoms with Crippen molar-refractivity contribution in [1.82, 2.24) is 10.2 Å². The molecule has 6 nitrogen and oxygen atoms in total. The van der Waals surface area contributed by atoms with E-state index in [1.807, 2.05) is 36.4 Å². The third-order valence-electron chi connectivity index (χ3n) is 10.7. The van der Waals surface area contributed by atoms with E-state index in [0.29, 0.717) is 12.5 Å². The molecule has 2 fully saturated rings. The average Bonchev–Trinajstić information content (AvgIpc) is 3.44. The van der Waals surface area contributed by atoms with Crippen molar-refractivity contribution >= 4 is 6.41 Å². The van der Waals surface area contributed by atoms with Gasteiger partial charge in [0.2, 0.25) is 6.41 Å². The second kappa shape index (κ2) is 13.6. The molecular weight excluding hydrogens is 586 g/mol. The number of nitrogens with zero attached hydrogens (tertiary/aromatic N) is 1. The number of likely N-dealkylation sites (tertiary alicyclic amines) is 1. The number of nitrogens with one attached hydrogen (secondary N) is 1. The minimum atomic E-state index is -0.529. The lowest BCUT2D eigenvalue weighted by Crippen LogP contribution is -2.47. The smallest absolute Gasteiger partial charge is 0.251 e. The van der Waals surface area contributed by atoms with Crippen LogP contribution in [0.3, 0.4) is 0 Å². The fraction of sp³-hybridized carbons (Fsp3) is 0.500. The molecule has 7 rings (SSSR count). The van der Waals surface area contributed by atoms with Crippen LogP contribution in [0.5, 0.6) is 17.2 Å². The number of piperidine rings is 1. The Kier molecular flexibility index (Phi) is 9.16. The van der Waals surface area contributed by atoms with Crippen LogP contribution in [0.4, 0.5) is 8.78 Å². The van der Waals surface area contributed by atoms with Crippen LogP contribution in [0.1, 0.15) is 80.4 Å². The van der Waals surface area contributed by atoms with Gasteiger partial charge in [-0.05, 0) is 118 Å². The molecule has 3 aliphatic heterocycles. The van der Waals surface area contributed by atoms with Gasteiger partial charge in [0.1, 0.15) is 23.5 Å². The molecule has 3 heterocycles. The van der Waals surface area contributed by atoms with Gasteiger partial charge >= 0.3 is 0 Å². The molecule has 244 valence electrons. The minimum Gasteiger partial charge on any atom is -0.488 e. The molecule has 1 aliphatic carbocycles. The van der Waals surface area contributed by atoms with Crippen molar-refractivity contribution in [3.63, 3.8) is 0 Å². The zero-order chi connectivity index (χ0) is 31.5. The summed E-state index contributed by atoms with van der Waals surface area (Å²) in [6, 6.07) is 17.4. The second-order valence-electron chi connectivity index (χ2n) is 13.6. The summed E-state index contributed by atoms with van der Waals surface area (Å²) in [6.45, 7) is 3.48. The Hall–Kier alpha value is -3.65. The van der Waals surface area contributed by atoms with Crippen molar-refractivity contribution in [2.75, 3.05) is 26.2 Å². The Morgan fingerprint density at radius 2 is 1.52 bits per heavy atom. The number of halogens is 2. The Morgan fingerprint density at radius 1 is 0.870 bits per heavy atom. The Balaban J connectivity index is 0.990. The predicted molar refractivity (Wildman–Crippen MR) is 172 cm³/mol. The SMILES string of the molecule is O=CNC[C@@H]1Oc2ccc3c(c2C[C@@H]1C1CCN(CCCC(c2ccc(F)cc2)c2ccc(F)cc2)CC1)OC1(CCCCC1)O3. The summed E-state index contributed by atoms with van der Waals surface area (Å²) in [5.41, 5.74) is 3.21. The highest BCUT2D eigenvalue weighted by atomic mass is 19.1. The van der Waals surface area contributed by atoms with Gasteiger partial charge in [0.05, 0.1) is 6.54 Å². The number of hydrogen-bond donors (Lipinski definition) is 1. The number of hydrogen-bond acceptors (Lipinski definition) is 5. The molecule has 0 radical (unpaired) electrons. The Bertz CT molecular complexity index is 1440. The first-order valence-electron chi connectivity index (χ1n) is 17.1. The number of amides is 1. The Morgan fingerprint density at radius 3 is 2.17 bits per heavy atom. The van der Waals surface area contributed by atoms with Gasteiger partial charge in [-0.2, -0.15) is 0 Å². The van der Waals surface area contributed by atoms with Crippen molar-refractivity contribution in [2.45, 2.75) is 82.0 Å². The number of benzene rings is 3. The zero-order valence-corrected chi connectivity index (χ0v) is 26.4. The van der Waals surface area contributed by atoms with E-state index in [0.717, 1.165) is 118 Å². The fourth-order valence-corrected chi connectivity index (χ4v) is 8.27. The second-order valence-corrected chi connectivity index (χ2v) is 13.6. The van der Waals surface area contributed by atoms with E-state index in [1.54, 1.807) is 0 Å². The molecule has 46 heavy (non-hydrogen) atoms. The van der Waals surface area contributed by atoms with Crippen molar-refractivity contribution in [3.8, 4) is 17.2 Å². The van der Waals surface area contributed by atoms with E-state index in [4.69, 9.17) is 14.2 Å². The maximum atomic E-state index is 13.7. The summed E-state index contributed by atoms with van der Waals surface area (Å²) < 4.78 is 47.0. The summed E-state index contributed by atoms with van der Waals surface area (Å²) in [5.74, 6) is 2.33. The van der Waals surface area contributed by atoms with Crippen LogP contribution in [0.2, 0.25) is 0 Å². The maximum Gasteiger partial charge on any atom is 0.251 e. The van der Waals surface area contributed by atoms with Gasteiger partial charge in [0.25, 0.3) is 5.79 Å². The normalized spacial score (nSPS) is 22.4. The highest BCUT2D eigenvalue weighted by Gasteiger charge is 2.46. The van der Waals surface area contributed by atoms with E-state index in [9.17, 15) is 13.6 Å². The highest BCUT2D eigenvalue weighted by Crippen LogP contribution is 2.52. The number of ether oxygens (including phenoxy) is 3. The molecule has 1 saturated carbocycles. The van der Waals surface area contributed by atoms with Crippen LogP contribution < -0.4 is 19.5 Å². The topological polar surface area (TPSA) is 60.0 Å². The number of carbonyl (C=O) groups is 1. The van der Waals surface area contributed by atoms with Crippen molar-refractivity contribution in [2.24, 2.45) is 11.8 Å². The van der Waals surface area contributed by atoms with E-state index < -0.39 is 5.79 Å². The van der Waals surface area contributed by atoms with Gasteiger partial charge in [0, 0.05) is 30.2 Å². The van der Waals surface area contributed by atoms with E-state index in [-0.39, 0.29) is 29.6 Å². The molecule has 1 spiro atoms. The molecule has 8 heteroatoms. The van der Waals surface area contributed by atoms with Crippen LogP contribution in [0, 0.1) is 23.5 Å². The minimum absolute atomic E-state index is 0.0879. The maximum absolute atomic E-state index is 13.7.